The Balaban J connectivity index is 0. The van der Waals surface area contributed by atoms with Crippen LogP contribution in [0.5, 0.6) is 0 Å². The fraction of sp³-hybridized carbons (Fsp3) is 0.382. The van der Waals surface area contributed by atoms with Crippen molar-refractivity contribution in [1.82, 2.24) is 14.9 Å². The maximum atomic E-state index is 12.7. The summed E-state index contributed by atoms with van der Waals surface area (Å²) in [4.78, 5) is 14.7. The molecule has 5 nitrogen and oxygen atoms in total. The summed E-state index contributed by atoms with van der Waals surface area (Å²) in [6, 6.07) is 7.94. The predicted molar refractivity (Wildman–Crippen MR) is 180 cm³/mol. The first-order valence-corrected chi connectivity index (χ1v) is 14.6. The van der Waals surface area contributed by atoms with Gasteiger partial charge in [-0.05, 0) is 63.5 Å². The first-order chi connectivity index (χ1) is 20.2. The van der Waals surface area contributed by atoms with Gasteiger partial charge in [0.15, 0.2) is 0 Å². The number of rotatable bonds is 3. The Kier molecular flexibility index (Phi) is 24.5. The number of nitrogens with zero attached hydrogens (tertiary/aromatic N) is 3. The van der Waals surface area contributed by atoms with Gasteiger partial charge in [-0.25, -0.2) is 9.40 Å². The van der Waals surface area contributed by atoms with E-state index >= 15 is 0 Å². The summed E-state index contributed by atoms with van der Waals surface area (Å²) < 4.78 is 11.9. The van der Waals surface area contributed by atoms with Crippen LogP contribution in [-0.4, -0.2) is 54.1 Å². The van der Waals surface area contributed by atoms with E-state index in [0.717, 1.165) is 59.5 Å². The number of piperidine rings is 1. The van der Waals surface area contributed by atoms with Gasteiger partial charge < -0.3 is 10.6 Å². The van der Waals surface area contributed by atoms with Gasteiger partial charge in [0.05, 0.1) is 6.54 Å². The topological polar surface area (TPSA) is 52.8 Å². The zero-order valence-electron chi connectivity index (χ0n) is 25.7. The average Bonchev–Trinajstić information content (AvgIpc) is 3.20. The minimum absolute atomic E-state index is 0.178. The average molecular weight is 618 g/mol. The molecular weight excluding hydrogens is 570 g/mol. The number of hydrazine groups is 1. The van der Waals surface area contributed by atoms with Crippen LogP contribution >= 0.6 is 23.2 Å². The second-order valence-corrected chi connectivity index (χ2v) is 9.91. The zero-order chi connectivity index (χ0) is 32.5. The summed E-state index contributed by atoms with van der Waals surface area (Å²) in [5.74, 6) is 0.734. The Morgan fingerprint density at radius 2 is 1.43 bits per heavy atom. The Morgan fingerprint density at radius 1 is 0.929 bits per heavy atom. The Morgan fingerprint density at radius 3 is 1.81 bits per heavy atom. The molecule has 0 radical (unpaired) electrons. The van der Waals surface area contributed by atoms with Gasteiger partial charge in [-0.2, -0.15) is 0 Å². The Labute approximate surface area is 264 Å². The summed E-state index contributed by atoms with van der Waals surface area (Å²) in [5, 5.41) is 5.58. The van der Waals surface area contributed by atoms with Crippen LogP contribution in [0.15, 0.2) is 87.7 Å². The molecule has 8 heteroatoms. The summed E-state index contributed by atoms with van der Waals surface area (Å²) in [6.45, 7) is 11.2. The molecule has 1 aromatic rings. The number of likely N-dealkylation sites (tertiary alicyclic amines) is 1. The van der Waals surface area contributed by atoms with E-state index in [1.165, 1.54) is 18.6 Å². The van der Waals surface area contributed by atoms with Crippen molar-refractivity contribution in [3.8, 4) is 25.7 Å². The molecule has 2 heterocycles. The lowest BCUT2D eigenvalue weighted by Crippen LogP contribution is -2.43. The second-order valence-electron chi connectivity index (χ2n) is 8.94. The smallest absolute Gasteiger partial charge is 0.251 e. The van der Waals surface area contributed by atoms with E-state index in [1.807, 2.05) is 80.0 Å². The van der Waals surface area contributed by atoms with Crippen molar-refractivity contribution in [1.29, 1.82) is 0 Å². The van der Waals surface area contributed by atoms with Gasteiger partial charge in [0.2, 0.25) is 0 Å². The van der Waals surface area contributed by atoms with E-state index in [-0.39, 0.29) is 11.7 Å². The summed E-state index contributed by atoms with van der Waals surface area (Å²) in [6.07, 6.45) is 29.5. The van der Waals surface area contributed by atoms with Crippen LogP contribution in [0.2, 0.25) is 0 Å². The molecule has 0 unspecified atom stereocenters. The van der Waals surface area contributed by atoms with E-state index in [2.05, 4.69) is 25.7 Å². The molecule has 0 bridgehead atoms. The second kappa shape index (κ2) is 25.3. The van der Waals surface area contributed by atoms with Crippen LogP contribution in [0.3, 0.4) is 0 Å². The number of halogens is 3. The predicted octanol–water partition coefficient (Wildman–Crippen LogP) is 7.84. The highest BCUT2D eigenvalue weighted by molar-refractivity contribution is 6.34. The van der Waals surface area contributed by atoms with Crippen molar-refractivity contribution < 1.29 is 9.18 Å². The number of amides is 1. The molecule has 0 aromatic heterocycles. The molecule has 0 saturated carbocycles. The first-order valence-electron chi connectivity index (χ1n) is 13.8. The van der Waals surface area contributed by atoms with Crippen LogP contribution in [0.25, 0.3) is 0 Å². The summed E-state index contributed by atoms with van der Waals surface area (Å²) in [7, 11) is 1.99. The molecular formula is C34H47Cl2FN4O. The lowest BCUT2D eigenvalue weighted by atomic mass is 10.1. The monoisotopic (exact) mass is 616 g/mol. The molecule has 1 aromatic carbocycles. The highest BCUT2D eigenvalue weighted by Crippen LogP contribution is 2.20. The molecule has 1 aliphatic carbocycles. The van der Waals surface area contributed by atoms with Crippen LogP contribution < -0.4 is 5.73 Å². The molecule has 2 N–H and O–H groups in total. The molecule has 0 spiro atoms. The normalized spacial score (nSPS) is 15.2. The first kappa shape index (κ1) is 40.7. The van der Waals surface area contributed by atoms with E-state index in [9.17, 15) is 9.18 Å². The number of benzene rings is 1. The maximum absolute atomic E-state index is 12.7. The van der Waals surface area contributed by atoms with Crippen LogP contribution in [0.4, 0.5) is 4.39 Å². The number of carbonyl (C=O) groups excluding carboxylic acids is 1. The van der Waals surface area contributed by atoms with Gasteiger partial charge in [-0.15, -0.1) is 25.7 Å². The Bertz CT molecular complexity index is 1070. The van der Waals surface area contributed by atoms with Crippen LogP contribution in [-0.2, 0) is 4.79 Å². The molecule has 3 aliphatic rings. The van der Waals surface area contributed by atoms with Gasteiger partial charge in [0.25, 0.3) is 5.91 Å². The van der Waals surface area contributed by atoms with E-state index in [0.29, 0.717) is 13.0 Å². The molecule has 1 amide bonds. The number of nitrogens with two attached hydrogens (primary N) is 1. The SMILES string of the molecule is C#C.C#C.CC.CC(C)=C(CN1C(N)=CCN1C)C(=O)N1CCCCC1.ClC1=CC=CC=C(Cl)C1.Fc1ccccc1. The number of likely N-dealkylation sites (N-methyl/N-ethyl adjacent to an activating group) is 1. The van der Waals surface area contributed by atoms with E-state index in [4.69, 9.17) is 28.9 Å². The maximum Gasteiger partial charge on any atom is 0.251 e. The molecule has 230 valence electrons. The van der Waals surface area contributed by atoms with Gasteiger partial charge in [-0.1, -0.05) is 73.0 Å². The molecule has 2 aliphatic heterocycles. The van der Waals surface area contributed by atoms with E-state index in [1.54, 1.807) is 18.2 Å². The number of terminal acetylenes is 2. The fourth-order valence-electron chi connectivity index (χ4n) is 3.73. The molecule has 0 atom stereocenters. The van der Waals surface area contributed by atoms with Crippen LogP contribution in [0.1, 0.15) is 53.4 Å². The van der Waals surface area contributed by atoms with Crippen molar-refractivity contribution in [2.45, 2.75) is 53.4 Å². The number of allylic oxidation sites excluding steroid dienone is 7. The van der Waals surface area contributed by atoms with Crippen LogP contribution in [0, 0.1) is 31.5 Å². The highest BCUT2D eigenvalue weighted by atomic mass is 35.5. The third kappa shape index (κ3) is 16.7. The van der Waals surface area contributed by atoms with Crippen molar-refractivity contribution in [3.05, 3.63) is 93.6 Å². The highest BCUT2D eigenvalue weighted by Gasteiger charge is 2.26. The quantitative estimate of drug-likeness (QED) is 0.278. The van der Waals surface area contributed by atoms with Crippen molar-refractivity contribution >= 4 is 29.1 Å². The van der Waals surface area contributed by atoms with Gasteiger partial charge in [0, 0.05) is 48.7 Å². The number of carbonyl (C=O) groups is 1. The molecule has 1 saturated heterocycles. The van der Waals surface area contributed by atoms with Gasteiger partial charge in [0.1, 0.15) is 11.6 Å². The third-order valence-corrected chi connectivity index (χ3v) is 6.34. The fourth-order valence-corrected chi connectivity index (χ4v) is 4.23. The van der Waals surface area contributed by atoms with Crippen molar-refractivity contribution in [2.24, 2.45) is 5.73 Å². The molecule has 1 fully saturated rings. The van der Waals surface area contributed by atoms with Crippen molar-refractivity contribution in [2.75, 3.05) is 33.2 Å². The summed E-state index contributed by atoms with van der Waals surface area (Å²) >= 11 is 11.4. The Hall–Kier alpha value is -3.42. The van der Waals surface area contributed by atoms with E-state index < -0.39 is 0 Å². The lowest BCUT2D eigenvalue weighted by molar-refractivity contribution is -0.128. The molecule has 4 rings (SSSR count). The third-order valence-electron chi connectivity index (χ3n) is 5.82. The minimum Gasteiger partial charge on any atom is -0.385 e. The number of hydrogen-bond acceptors (Lipinski definition) is 4. The summed E-state index contributed by atoms with van der Waals surface area (Å²) in [5.41, 5.74) is 7.94. The standard InChI is InChI=1S/C15H26N4O.C7H6Cl2.C6H5F.C2H6.2C2H2/c1-12(2)13(11-19-14(16)7-10-17(19)3)15(20)18-8-5-4-6-9-18;8-6-3-1-2-4-7(9)5-6;7-6-4-2-1-3-5-6;3*1-2/h7H,4-6,8-11,16H2,1-3H3;1-4H,5H2;1-5H;1-2H3;2*1-2H. The number of hydrogen-bond donors (Lipinski definition) is 1. The lowest BCUT2D eigenvalue weighted by Gasteiger charge is -2.32. The largest absolute Gasteiger partial charge is 0.385 e. The minimum atomic E-state index is -0.178. The van der Waals surface area contributed by atoms with Crippen molar-refractivity contribution in [3.63, 3.8) is 0 Å². The van der Waals surface area contributed by atoms with Gasteiger partial charge >= 0.3 is 0 Å². The van der Waals surface area contributed by atoms with Gasteiger partial charge in [-0.3, -0.25) is 9.80 Å². The molecule has 42 heavy (non-hydrogen) atoms. The zero-order valence-corrected chi connectivity index (χ0v) is 27.2.